The molecule has 0 amide bonds. The zero-order chi connectivity index (χ0) is 19.8. The van der Waals surface area contributed by atoms with E-state index in [-0.39, 0.29) is 22.4 Å². The minimum Gasteiger partial charge on any atom is -0.478 e. The molecule has 0 saturated heterocycles. The lowest BCUT2D eigenvalue weighted by molar-refractivity contribution is 0.0649. The van der Waals surface area contributed by atoms with Gasteiger partial charge in [0, 0.05) is 11.6 Å². The van der Waals surface area contributed by atoms with Crippen molar-refractivity contribution in [2.75, 3.05) is 0 Å². The van der Waals surface area contributed by atoms with Gasteiger partial charge < -0.3 is 14.9 Å². The number of hydrogen-bond donors (Lipinski definition) is 3. The number of carbonyl (C=O) groups is 2. The third-order valence-corrected chi connectivity index (χ3v) is 4.57. The second kappa shape index (κ2) is 6.67. The van der Waals surface area contributed by atoms with Gasteiger partial charge in [0.05, 0.1) is 5.56 Å². The number of rotatable bonds is 5. The fraction of sp³-hybridized carbons (Fsp3) is 0. The number of aromatic nitrogens is 1. The average Bonchev–Trinajstić information content (AvgIpc) is 2.60. The summed E-state index contributed by atoms with van der Waals surface area (Å²) in [5.74, 6) is -3.21. The Balaban J connectivity index is 2.21. The molecule has 0 aliphatic heterocycles. The summed E-state index contributed by atoms with van der Waals surface area (Å²) >= 11 is 0. The molecule has 0 bridgehead atoms. The first kappa shape index (κ1) is 18.3. The van der Waals surface area contributed by atoms with Crippen molar-refractivity contribution < 1.29 is 37.5 Å². The molecular weight excluding hydrogens is 378 g/mol. The largest absolute Gasteiger partial charge is 0.478 e. The highest BCUT2D eigenvalue weighted by molar-refractivity contribution is 7.86. The lowest BCUT2D eigenvalue weighted by Gasteiger charge is -2.13. The van der Waals surface area contributed by atoms with Gasteiger partial charge in [0.1, 0.15) is 21.7 Å². The summed E-state index contributed by atoms with van der Waals surface area (Å²) in [6.45, 7) is 0. The van der Waals surface area contributed by atoms with Crippen LogP contribution in [0.25, 0.3) is 10.9 Å². The first-order chi connectivity index (χ1) is 12.7. The van der Waals surface area contributed by atoms with Crippen molar-refractivity contribution in [3.63, 3.8) is 0 Å². The maximum Gasteiger partial charge on any atom is 0.340 e. The first-order valence-electron chi connectivity index (χ1n) is 7.33. The summed E-state index contributed by atoms with van der Waals surface area (Å²) in [5.41, 5.74) is -0.982. The van der Waals surface area contributed by atoms with Crippen LogP contribution in [0.4, 0.5) is 0 Å². The van der Waals surface area contributed by atoms with E-state index in [4.69, 9.17) is 4.74 Å². The normalized spacial score (nSPS) is 11.3. The molecule has 0 saturated carbocycles. The van der Waals surface area contributed by atoms with Gasteiger partial charge in [0.25, 0.3) is 10.1 Å². The Labute approximate surface area is 152 Å². The van der Waals surface area contributed by atoms with Gasteiger partial charge >= 0.3 is 11.9 Å². The van der Waals surface area contributed by atoms with E-state index in [9.17, 15) is 32.8 Å². The monoisotopic (exact) mass is 389 g/mol. The second-order valence-electron chi connectivity index (χ2n) is 5.33. The predicted molar refractivity (Wildman–Crippen MR) is 92.0 cm³/mol. The molecule has 0 spiro atoms. The van der Waals surface area contributed by atoms with Crippen molar-refractivity contribution in [2.24, 2.45) is 0 Å². The van der Waals surface area contributed by atoms with Crippen molar-refractivity contribution in [1.29, 1.82) is 0 Å². The molecule has 0 aliphatic rings. The molecule has 0 aliphatic carbocycles. The number of aromatic carboxylic acids is 2. The number of carboxylic acids is 2. The maximum absolute atomic E-state index is 11.5. The van der Waals surface area contributed by atoms with Crippen LogP contribution < -0.4 is 4.74 Å². The Morgan fingerprint density at radius 2 is 1.67 bits per heavy atom. The Morgan fingerprint density at radius 3 is 2.30 bits per heavy atom. The smallest absolute Gasteiger partial charge is 0.340 e. The molecular formula is C17H11NO8S. The lowest BCUT2D eigenvalue weighted by Crippen LogP contribution is -2.09. The zero-order valence-electron chi connectivity index (χ0n) is 13.4. The van der Waals surface area contributed by atoms with Gasteiger partial charge in [0.2, 0.25) is 0 Å². The summed E-state index contributed by atoms with van der Waals surface area (Å²) in [6.07, 6.45) is 1.36. The molecule has 1 heterocycles. The lowest BCUT2D eigenvalue weighted by atomic mass is 10.1. The Hall–Kier alpha value is -3.50. The second-order valence-corrected chi connectivity index (χ2v) is 6.72. The fourth-order valence-corrected chi connectivity index (χ4v) is 3.24. The molecule has 10 heteroatoms. The molecule has 0 radical (unpaired) electrons. The number of ether oxygens (including phenoxy) is 1. The van der Waals surface area contributed by atoms with E-state index >= 15 is 0 Å². The van der Waals surface area contributed by atoms with Crippen LogP contribution in [0.15, 0.2) is 53.6 Å². The predicted octanol–water partition coefficient (Wildman–Crippen LogP) is 2.67. The highest BCUT2D eigenvalue weighted by Gasteiger charge is 2.23. The summed E-state index contributed by atoms with van der Waals surface area (Å²) < 4.78 is 37.9. The Morgan fingerprint density at radius 1 is 0.926 bits per heavy atom. The van der Waals surface area contributed by atoms with E-state index in [0.717, 1.165) is 12.1 Å². The molecule has 3 rings (SSSR count). The highest BCUT2D eigenvalue weighted by Crippen LogP contribution is 2.34. The van der Waals surface area contributed by atoms with Crippen molar-refractivity contribution in [3.8, 4) is 11.5 Å². The van der Waals surface area contributed by atoms with Gasteiger partial charge in [0.15, 0.2) is 5.75 Å². The van der Waals surface area contributed by atoms with Crippen LogP contribution in [0.2, 0.25) is 0 Å². The molecule has 138 valence electrons. The van der Waals surface area contributed by atoms with Crippen LogP contribution in [-0.2, 0) is 10.1 Å². The van der Waals surface area contributed by atoms with Crippen LogP contribution in [0.1, 0.15) is 20.7 Å². The molecule has 2 aromatic carbocycles. The van der Waals surface area contributed by atoms with Crippen LogP contribution in [0.3, 0.4) is 0 Å². The molecule has 0 atom stereocenters. The van der Waals surface area contributed by atoms with Gasteiger partial charge in [-0.2, -0.15) is 8.42 Å². The van der Waals surface area contributed by atoms with Crippen LogP contribution >= 0.6 is 0 Å². The van der Waals surface area contributed by atoms with Crippen LogP contribution in [-0.4, -0.2) is 40.1 Å². The number of benzene rings is 2. The Bertz CT molecular complexity index is 1190. The number of fused-ring (bicyclic) bond motifs is 1. The third kappa shape index (κ3) is 3.43. The van der Waals surface area contributed by atoms with Crippen molar-refractivity contribution in [3.05, 3.63) is 59.8 Å². The van der Waals surface area contributed by atoms with Crippen molar-refractivity contribution in [1.82, 2.24) is 4.98 Å². The summed E-state index contributed by atoms with van der Waals surface area (Å²) in [5, 5.41) is 18.6. The quantitative estimate of drug-likeness (QED) is 0.559. The fourth-order valence-electron chi connectivity index (χ4n) is 2.56. The maximum atomic E-state index is 11.5. The molecule has 27 heavy (non-hydrogen) atoms. The molecule has 1 aromatic heterocycles. The van der Waals surface area contributed by atoms with Crippen LogP contribution in [0, 0.1) is 0 Å². The summed E-state index contributed by atoms with van der Waals surface area (Å²) in [6, 6.07) is 8.82. The molecule has 0 unspecified atom stereocenters. The van der Waals surface area contributed by atoms with E-state index in [0.29, 0.717) is 0 Å². The number of hydrogen-bond acceptors (Lipinski definition) is 6. The molecule has 0 fully saturated rings. The highest BCUT2D eigenvalue weighted by atomic mass is 32.2. The zero-order valence-corrected chi connectivity index (χ0v) is 14.2. The van der Waals surface area contributed by atoms with Crippen LogP contribution in [0.5, 0.6) is 11.5 Å². The van der Waals surface area contributed by atoms with Crippen molar-refractivity contribution >= 4 is 33.0 Å². The summed E-state index contributed by atoms with van der Waals surface area (Å²) in [7, 11) is -4.53. The van der Waals surface area contributed by atoms with Gasteiger partial charge in [-0.05, 0) is 36.4 Å². The Kier molecular flexibility index (Phi) is 4.52. The van der Waals surface area contributed by atoms with E-state index in [1.165, 1.54) is 36.5 Å². The minimum atomic E-state index is -4.53. The van der Waals surface area contributed by atoms with Gasteiger partial charge in [-0.25, -0.2) is 9.59 Å². The van der Waals surface area contributed by atoms with E-state index in [1.807, 2.05) is 0 Å². The van der Waals surface area contributed by atoms with E-state index in [1.54, 1.807) is 0 Å². The first-order valence-corrected chi connectivity index (χ1v) is 8.77. The topological polar surface area (TPSA) is 151 Å². The molecule has 9 nitrogen and oxygen atoms in total. The standard InChI is InChI=1S/C17H11NO8S/c19-16(20)10-3-1-5-11(14(10)17(21)22)26-12-6-7-13(27(23,24)25)9-4-2-8-18-15(9)12/h1-8H,(H,19,20)(H,21,22)(H,23,24,25). The van der Waals surface area contributed by atoms with E-state index < -0.39 is 38.1 Å². The van der Waals surface area contributed by atoms with E-state index in [2.05, 4.69) is 4.98 Å². The van der Waals surface area contributed by atoms with Crippen molar-refractivity contribution in [2.45, 2.75) is 4.90 Å². The molecule has 3 aromatic rings. The van der Waals surface area contributed by atoms with Gasteiger partial charge in [-0.3, -0.25) is 9.54 Å². The number of carboxylic acid groups (broad SMARTS) is 2. The summed E-state index contributed by atoms with van der Waals surface area (Å²) in [4.78, 5) is 26.4. The third-order valence-electron chi connectivity index (χ3n) is 3.66. The number of pyridine rings is 1. The average molecular weight is 389 g/mol. The van der Waals surface area contributed by atoms with Gasteiger partial charge in [-0.15, -0.1) is 0 Å². The SMILES string of the molecule is O=C(O)c1cccc(Oc2ccc(S(=O)(=O)O)c3cccnc23)c1C(=O)O. The minimum absolute atomic E-state index is 0.0111. The van der Waals surface area contributed by atoms with Gasteiger partial charge in [-0.1, -0.05) is 6.07 Å². The number of nitrogens with zero attached hydrogens (tertiary/aromatic N) is 1. The molecule has 3 N–H and O–H groups in total.